The lowest BCUT2D eigenvalue weighted by Crippen LogP contribution is -2.26. The summed E-state index contributed by atoms with van der Waals surface area (Å²) in [7, 11) is 0. The Labute approximate surface area is 173 Å². The van der Waals surface area contributed by atoms with Gasteiger partial charge in [0.05, 0.1) is 0 Å². The quantitative estimate of drug-likeness (QED) is 0.494. The van der Waals surface area contributed by atoms with Crippen LogP contribution in [0.3, 0.4) is 0 Å². The molecule has 0 spiro atoms. The summed E-state index contributed by atoms with van der Waals surface area (Å²) in [5, 5.41) is -0.891. The summed E-state index contributed by atoms with van der Waals surface area (Å²) in [4.78, 5) is 24.8. The van der Waals surface area contributed by atoms with Gasteiger partial charge in [0.25, 0.3) is 0 Å². The molecule has 29 heavy (non-hydrogen) atoms. The van der Waals surface area contributed by atoms with Crippen LogP contribution in [0.1, 0.15) is 29.7 Å². The molecule has 0 saturated heterocycles. The van der Waals surface area contributed by atoms with Crippen molar-refractivity contribution in [2.24, 2.45) is 0 Å². The number of thioether (sulfide) groups is 1. The summed E-state index contributed by atoms with van der Waals surface area (Å²) in [5.74, 6) is -0.826. The molecule has 0 aliphatic heterocycles. The van der Waals surface area contributed by atoms with E-state index in [2.05, 4.69) is 0 Å². The van der Waals surface area contributed by atoms with Crippen LogP contribution in [0.2, 0.25) is 0 Å². The smallest absolute Gasteiger partial charge is 0.320 e. The SMILES string of the molecule is CC(=O)SC(Cc1ccc(F)cc1)C(=O)OC(c1ccccc1)c1ccccc1. The Morgan fingerprint density at radius 3 is 1.86 bits per heavy atom. The van der Waals surface area contributed by atoms with E-state index in [0.717, 1.165) is 28.5 Å². The Hall–Kier alpha value is -2.92. The fourth-order valence-electron chi connectivity index (χ4n) is 2.98. The van der Waals surface area contributed by atoms with Crippen LogP contribution in [0, 0.1) is 5.82 Å². The first-order valence-electron chi connectivity index (χ1n) is 9.25. The van der Waals surface area contributed by atoms with Gasteiger partial charge in [0.15, 0.2) is 11.2 Å². The first kappa shape index (κ1) is 20.8. The highest BCUT2D eigenvalue weighted by Crippen LogP contribution is 2.29. The van der Waals surface area contributed by atoms with Crippen molar-refractivity contribution in [3.05, 3.63) is 107 Å². The molecule has 0 fully saturated rings. The minimum Gasteiger partial charge on any atom is -0.452 e. The minimum atomic E-state index is -0.715. The summed E-state index contributed by atoms with van der Waals surface area (Å²) in [6.07, 6.45) is -0.298. The number of hydrogen-bond acceptors (Lipinski definition) is 4. The van der Waals surface area contributed by atoms with Crippen molar-refractivity contribution >= 4 is 22.8 Å². The van der Waals surface area contributed by atoms with Crippen molar-refractivity contribution in [1.29, 1.82) is 0 Å². The minimum absolute atomic E-state index is 0.176. The molecule has 3 rings (SSSR count). The van der Waals surface area contributed by atoms with Crippen LogP contribution in [0.4, 0.5) is 4.39 Å². The Morgan fingerprint density at radius 1 is 0.862 bits per heavy atom. The first-order valence-corrected chi connectivity index (χ1v) is 10.1. The van der Waals surface area contributed by atoms with E-state index in [1.165, 1.54) is 19.1 Å². The largest absolute Gasteiger partial charge is 0.452 e. The maximum Gasteiger partial charge on any atom is 0.320 e. The van der Waals surface area contributed by atoms with E-state index in [0.29, 0.717) is 0 Å². The molecular formula is C24H21FO3S. The molecule has 0 bridgehead atoms. The Bertz CT molecular complexity index is 903. The average Bonchev–Trinajstić information content (AvgIpc) is 2.74. The molecule has 0 N–H and O–H groups in total. The molecule has 3 aromatic rings. The lowest BCUT2D eigenvalue weighted by Gasteiger charge is -2.22. The number of hydrogen-bond donors (Lipinski definition) is 0. The van der Waals surface area contributed by atoms with Crippen LogP contribution in [0.5, 0.6) is 0 Å². The lowest BCUT2D eigenvalue weighted by atomic mass is 10.0. The Kier molecular flexibility index (Phi) is 7.19. The van der Waals surface area contributed by atoms with E-state index in [4.69, 9.17) is 4.74 Å². The monoisotopic (exact) mass is 408 g/mol. The molecule has 0 saturated carbocycles. The Morgan fingerprint density at radius 2 is 1.38 bits per heavy atom. The second-order valence-electron chi connectivity index (χ2n) is 6.57. The molecule has 0 amide bonds. The topological polar surface area (TPSA) is 43.4 Å². The van der Waals surface area contributed by atoms with Gasteiger partial charge in [-0.1, -0.05) is 84.6 Å². The summed E-state index contributed by atoms with van der Waals surface area (Å²) in [6.45, 7) is 1.42. The third-order valence-corrected chi connectivity index (χ3v) is 5.32. The highest BCUT2D eigenvalue weighted by Gasteiger charge is 2.27. The van der Waals surface area contributed by atoms with E-state index < -0.39 is 17.3 Å². The van der Waals surface area contributed by atoms with Gasteiger partial charge in [0, 0.05) is 6.92 Å². The van der Waals surface area contributed by atoms with E-state index in [1.807, 2.05) is 60.7 Å². The summed E-state index contributed by atoms with van der Waals surface area (Å²) < 4.78 is 19.1. The van der Waals surface area contributed by atoms with Crippen molar-refractivity contribution in [2.45, 2.75) is 24.7 Å². The van der Waals surface area contributed by atoms with Gasteiger partial charge < -0.3 is 4.74 Å². The molecule has 148 valence electrons. The van der Waals surface area contributed by atoms with Gasteiger partial charge >= 0.3 is 5.97 Å². The number of carbonyl (C=O) groups is 2. The number of halogens is 1. The molecule has 0 aliphatic rings. The normalized spacial score (nSPS) is 11.8. The molecule has 0 aromatic heterocycles. The number of benzene rings is 3. The molecule has 1 unspecified atom stereocenters. The number of rotatable bonds is 7. The average molecular weight is 408 g/mol. The first-order chi connectivity index (χ1) is 14.0. The van der Waals surface area contributed by atoms with Crippen LogP contribution >= 0.6 is 11.8 Å². The third-order valence-electron chi connectivity index (χ3n) is 4.34. The third kappa shape index (κ3) is 6.03. The zero-order chi connectivity index (χ0) is 20.6. The second kappa shape index (κ2) is 10.0. The second-order valence-corrected chi connectivity index (χ2v) is 7.95. The van der Waals surface area contributed by atoms with Crippen molar-refractivity contribution in [3.63, 3.8) is 0 Å². The van der Waals surface area contributed by atoms with E-state index >= 15 is 0 Å². The summed E-state index contributed by atoms with van der Waals surface area (Å²) in [5.41, 5.74) is 2.46. The standard InChI is InChI=1S/C24H21FO3S/c1-17(26)29-22(16-18-12-14-21(25)15-13-18)24(27)28-23(19-8-4-2-5-9-19)20-10-6-3-7-11-20/h2-15,22-23H,16H2,1H3. The molecule has 0 heterocycles. The van der Waals surface area contributed by atoms with Crippen LogP contribution in [-0.4, -0.2) is 16.3 Å². The molecule has 0 aliphatic carbocycles. The van der Waals surface area contributed by atoms with Gasteiger partial charge in [-0.25, -0.2) is 4.39 Å². The fraction of sp³-hybridized carbons (Fsp3) is 0.167. The highest BCUT2D eigenvalue weighted by atomic mass is 32.2. The van der Waals surface area contributed by atoms with Crippen LogP contribution < -0.4 is 0 Å². The van der Waals surface area contributed by atoms with E-state index in [9.17, 15) is 14.0 Å². The predicted molar refractivity (Wildman–Crippen MR) is 113 cm³/mol. The molecule has 3 nitrogen and oxygen atoms in total. The van der Waals surface area contributed by atoms with Crippen LogP contribution in [-0.2, 0) is 20.7 Å². The lowest BCUT2D eigenvalue weighted by molar-refractivity contribution is -0.147. The number of ether oxygens (including phenoxy) is 1. The van der Waals surface area contributed by atoms with Crippen molar-refractivity contribution in [1.82, 2.24) is 0 Å². The summed E-state index contributed by atoms with van der Waals surface area (Å²) in [6, 6.07) is 24.9. The van der Waals surface area contributed by atoms with Gasteiger partial charge in [0.2, 0.25) is 0 Å². The maximum absolute atomic E-state index is 13.2. The van der Waals surface area contributed by atoms with Crippen molar-refractivity contribution in [3.8, 4) is 0 Å². The molecule has 1 atom stereocenters. The summed E-state index contributed by atoms with van der Waals surface area (Å²) >= 11 is 0.932. The van der Waals surface area contributed by atoms with Gasteiger partial charge in [0.1, 0.15) is 11.1 Å². The molecule has 3 aromatic carbocycles. The zero-order valence-electron chi connectivity index (χ0n) is 16.0. The predicted octanol–water partition coefficient (Wildman–Crippen LogP) is 5.35. The van der Waals surface area contributed by atoms with Gasteiger partial charge in [-0.05, 0) is 35.2 Å². The van der Waals surface area contributed by atoms with Gasteiger partial charge in [-0.3, -0.25) is 9.59 Å². The van der Waals surface area contributed by atoms with Crippen LogP contribution in [0.25, 0.3) is 0 Å². The molecule has 0 radical (unpaired) electrons. The van der Waals surface area contributed by atoms with E-state index in [-0.39, 0.29) is 17.4 Å². The van der Waals surface area contributed by atoms with Gasteiger partial charge in [-0.2, -0.15) is 0 Å². The highest BCUT2D eigenvalue weighted by molar-refractivity contribution is 8.14. The van der Waals surface area contributed by atoms with Crippen molar-refractivity contribution in [2.75, 3.05) is 0 Å². The van der Waals surface area contributed by atoms with Crippen LogP contribution in [0.15, 0.2) is 84.9 Å². The molecule has 5 heteroatoms. The van der Waals surface area contributed by atoms with Gasteiger partial charge in [-0.15, -0.1) is 0 Å². The zero-order valence-corrected chi connectivity index (χ0v) is 16.8. The molecular weight excluding hydrogens is 387 g/mol. The van der Waals surface area contributed by atoms with Crippen molar-refractivity contribution < 1.29 is 18.7 Å². The Balaban J connectivity index is 1.84. The fourth-order valence-corrected chi connectivity index (χ4v) is 3.81. The number of esters is 1. The van der Waals surface area contributed by atoms with E-state index in [1.54, 1.807) is 12.1 Å². The number of carbonyl (C=O) groups excluding carboxylic acids is 2. The maximum atomic E-state index is 13.2.